The Kier molecular flexibility index (Phi) is 2.15. The fraction of sp³-hybridized carbons (Fsp3) is 0.200. The van der Waals surface area contributed by atoms with E-state index in [0.29, 0.717) is 0 Å². The molecule has 0 saturated heterocycles. The first-order chi connectivity index (χ1) is 6.31. The van der Waals surface area contributed by atoms with Gasteiger partial charge in [-0.1, -0.05) is 18.5 Å². The van der Waals surface area contributed by atoms with E-state index in [2.05, 4.69) is 17.1 Å². The van der Waals surface area contributed by atoms with Gasteiger partial charge in [0.2, 0.25) is 0 Å². The van der Waals surface area contributed by atoms with Crippen LogP contribution in [0.3, 0.4) is 0 Å². The third kappa shape index (κ3) is 1.49. The maximum absolute atomic E-state index is 5.95. The summed E-state index contributed by atoms with van der Waals surface area (Å²) in [7, 11) is 0. The van der Waals surface area contributed by atoms with Crippen LogP contribution in [0.15, 0.2) is 24.5 Å². The Morgan fingerprint density at radius 2 is 2.00 bits per heavy atom. The minimum absolute atomic E-state index is 0.761. The van der Waals surface area contributed by atoms with Crippen molar-refractivity contribution < 1.29 is 0 Å². The second kappa shape index (κ2) is 3.30. The van der Waals surface area contributed by atoms with Crippen molar-refractivity contribution in [1.29, 1.82) is 0 Å². The van der Waals surface area contributed by atoms with Gasteiger partial charge in [-0.15, -0.1) is 0 Å². The summed E-state index contributed by atoms with van der Waals surface area (Å²) in [5, 5.41) is 10.6. The quantitative estimate of drug-likeness (QED) is 0.695. The Morgan fingerprint density at radius 3 is 2.77 bits per heavy atom. The third-order valence-corrected chi connectivity index (χ3v) is 2.31. The molecule has 0 saturated carbocycles. The molecule has 0 unspecified atom stereocenters. The molecular formula is C10H9ClN2. The van der Waals surface area contributed by atoms with Gasteiger partial charge in [-0.3, -0.25) is 0 Å². The molecular weight excluding hydrogens is 184 g/mol. The first kappa shape index (κ1) is 8.45. The van der Waals surface area contributed by atoms with E-state index in [4.69, 9.17) is 11.6 Å². The van der Waals surface area contributed by atoms with Crippen LogP contribution in [0.25, 0.3) is 10.8 Å². The minimum Gasteiger partial charge on any atom is -0.158 e. The first-order valence-corrected chi connectivity index (χ1v) is 4.58. The van der Waals surface area contributed by atoms with Crippen LogP contribution in [0, 0.1) is 0 Å². The minimum atomic E-state index is 0.761. The molecule has 3 heteroatoms. The highest BCUT2D eigenvalue weighted by atomic mass is 35.5. The van der Waals surface area contributed by atoms with Crippen LogP contribution in [0.1, 0.15) is 12.5 Å². The molecule has 0 aliphatic heterocycles. The summed E-state index contributed by atoms with van der Waals surface area (Å²) < 4.78 is 0. The molecule has 13 heavy (non-hydrogen) atoms. The number of rotatable bonds is 1. The number of hydrogen-bond acceptors (Lipinski definition) is 2. The monoisotopic (exact) mass is 192 g/mol. The summed E-state index contributed by atoms with van der Waals surface area (Å²) in [5.74, 6) is 0. The van der Waals surface area contributed by atoms with Gasteiger partial charge >= 0.3 is 0 Å². The zero-order valence-corrected chi connectivity index (χ0v) is 8.04. The molecule has 0 aliphatic rings. The Balaban J connectivity index is 2.81. The zero-order chi connectivity index (χ0) is 9.26. The fourth-order valence-electron chi connectivity index (χ4n) is 1.44. The molecule has 1 heterocycles. The normalized spacial score (nSPS) is 10.6. The Morgan fingerprint density at radius 1 is 1.23 bits per heavy atom. The highest BCUT2D eigenvalue weighted by Gasteiger charge is 2.01. The summed E-state index contributed by atoms with van der Waals surface area (Å²) in [4.78, 5) is 0. The lowest BCUT2D eigenvalue weighted by atomic mass is 10.1. The molecule has 0 spiro atoms. The number of aryl methyl sites for hydroxylation is 1. The number of hydrogen-bond donors (Lipinski definition) is 0. The van der Waals surface area contributed by atoms with Gasteiger partial charge < -0.3 is 0 Å². The predicted octanol–water partition coefficient (Wildman–Crippen LogP) is 2.85. The smallest absolute Gasteiger partial charge is 0.0577 e. The van der Waals surface area contributed by atoms with Crippen molar-refractivity contribution in [2.75, 3.05) is 0 Å². The maximum atomic E-state index is 5.95. The van der Waals surface area contributed by atoms with Crippen LogP contribution >= 0.6 is 11.6 Å². The fourth-order valence-corrected chi connectivity index (χ4v) is 1.69. The van der Waals surface area contributed by atoms with Gasteiger partial charge in [-0.2, -0.15) is 10.2 Å². The molecule has 66 valence electrons. The summed E-state index contributed by atoms with van der Waals surface area (Å²) >= 11 is 5.95. The molecule has 0 amide bonds. The van der Waals surface area contributed by atoms with Gasteiger partial charge in [0, 0.05) is 15.8 Å². The topological polar surface area (TPSA) is 25.8 Å². The second-order valence-electron chi connectivity index (χ2n) is 2.91. The largest absolute Gasteiger partial charge is 0.158 e. The van der Waals surface area contributed by atoms with E-state index in [1.165, 1.54) is 5.56 Å². The number of nitrogens with zero attached hydrogens (tertiary/aromatic N) is 2. The Labute approximate surface area is 81.6 Å². The van der Waals surface area contributed by atoms with E-state index >= 15 is 0 Å². The highest BCUT2D eigenvalue weighted by molar-refractivity contribution is 6.31. The van der Waals surface area contributed by atoms with Gasteiger partial charge in [0.05, 0.1) is 12.4 Å². The lowest BCUT2D eigenvalue weighted by molar-refractivity contribution is 1.04. The predicted molar refractivity (Wildman–Crippen MR) is 53.9 cm³/mol. The average Bonchev–Trinajstić information content (AvgIpc) is 2.16. The molecule has 0 fully saturated rings. The molecule has 2 nitrogen and oxygen atoms in total. The van der Waals surface area contributed by atoms with Crippen LogP contribution in [0.4, 0.5) is 0 Å². The number of fused-ring (bicyclic) bond motifs is 1. The standard InChI is InChI=1S/C10H9ClN2/c1-2-7-3-9(11)4-8-5-12-13-6-10(7)8/h3-6H,2H2,1H3. The Bertz CT molecular complexity index is 440. The lowest BCUT2D eigenvalue weighted by Gasteiger charge is -2.03. The SMILES string of the molecule is CCc1cc(Cl)cc2cnncc12. The molecule has 1 aromatic heterocycles. The van der Waals surface area contributed by atoms with E-state index in [9.17, 15) is 0 Å². The Hall–Kier alpha value is -1.15. The van der Waals surface area contributed by atoms with Crippen LogP contribution in [-0.2, 0) is 6.42 Å². The maximum Gasteiger partial charge on any atom is 0.0577 e. The third-order valence-electron chi connectivity index (χ3n) is 2.09. The lowest BCUT2D eigenvalue weighted by Crippen LogP contribution is -1.87. The first-order valence-electron chi connectivity index (χ1n) is 4.20. The molecule has 0 aliphatic carbocycles. The van der Waals surface area contributed by atoms with Gasteiger partial charge in [0.25, 0.3) is 0 Å². The molecule has 0 atom stereocenters. The van der Waals surface area contributed by atoms with Gasteiger partial charge in [0.15, 0.2) is 0 Å². The summed E-state index contributed by atoms with van der Waals surface area (Å²) in [5.41, 5.74) is 1.22. The molecule has 1 aromatic carbocycles. The van der Waals surface area contributed by atoms with Crippen molar-refractivity contribution in [3.05, 3.63) is 35.1 Å². The van der Waals surface area contributed by atoms with E-state index < -0.39 is 0 Å². The molecule has 2 aromatic rings. The van der Waals surface area contributed by atoms with Crippen LogP contribution in [0.2, 0.25) is 5.02 Å². The molecule has 0 bridgehead atoms. The summed E-state index contributed by atoms with van der Waals surface area (Å²) in [6.07, 6.45) is 4.48. The molecule has 0 radical (unpaired) electrons. The van der Waals surface area contributed by atoms with Crippen molar-refractivity contribution >= 4 is 22.4 Å². The van der Waals surface area contributed by atoms with Crippen molar-refractivity contribution in [3.63, 3.8) is 0 Å². The number of halogens is 1. The van der Waals surface area contributed by atoms with Crippen LogP contribution < -0.4 is 0 Å². The summed E-state index contributed by atoms with van der Waals surface area (Å²) in [6, 6.07) is 3.89. The van der Waals surface area contributed by atoms with E-state index in [1.54, 1.807) is 12.4 Å². The van der Waals surface area contributed by atoms with E-state index in [1.807, 2.05) is 12.1 Å². The van der Waals surface area contributed by atoms with Crippen molar-refractivity contribution in [2.45, 2.75) is 13.3 Å². The van der Waals surface area contributed by atoms with Crippen molar-refractivity contribution in [1.82, 2.24) is 10.2 Å². The highest BCUT2D eigenvalue weighted by Crippen LogP contribution is 2.22. The second-order valence-corrected chi connectivity index (χ2v) is 3.35. The van der Waals surface area contributed by atoms with Crippen molar-refractivity contribution in [3.8, 4) is 0 Å². The molecule has 0 N–H and O–H groups in total. The average molecular weight is 193 g/mol. The van der Waals surface area contributed by atoms with Crippen molar-refractivity contribution in [2.24, 2.45) is 0 Å². The summed E-state index contributed by atoms with van der Waals surface area (Å²) in [6.45, 7) is 2.10. The molecule has 2 rings (SSSR count). The van der Waals surface area contributed by atoms with Gasteiger partial charge in [-0.05, 0) is 24.1 Å². The number of aromatic nitrogens is 2. The van der Waals surface area contributed by atoms with E-state index in [-0.39, 0.29) is 0 Å². The van der Waals surface area contributed by atoms with Gasteiger partial charge in [0.1, 0.15) is 0 Å². The zero-order valence-electron chi connectivity index (χ0n) is 7.29. The van der Waals surface area contributed by atoms with E-state index in [0.717, 1.165) is 22.2 Å². The van der Waals surface area contributed by atoms with Crippen LogP contribution in [-0.4, -0.2) is 10.2 Å². The van der Waals surface area contributed by atoms with Crippen LogP contribution in [0.5, 0.6) is 0 Å². The van der Waals surface area contributed by atoms with Gasteiger partial charge in [-0.25, -0.2) is 0 Å². The number of benzene rings is 1.